The number of hydrogen-bond acceptors (Lipinski definition) is 16. The number of morpholine rings is 1. The summed E-state index contributed by atoms with van der Waals surface area (Å²) in [6, 6.07) is 0. The topological polar surface area (TPSA) is 217 Å². The van der Waals surface area contributed by atoms with E-state index in [9.17, 15) is 34.0 Å². The van der Waals surface area contributed by atoms with Crippen molar-refractivity contribution in [1.29, 1.82) is 0 Å². The van der Waals surface area contributed by atoms with Crippen LogP contribution in [0.4, 0.5) is 0 Å². The van der Waals surface area contributed by atoms with Gasteiger partial charge in [-0.05, 0) is 25.2 Å². The van der Waals surface area contributed by atoms with Crippen LogP contribution in [0, 0.1) is 13.8 Å². The van der Waals surface area contributed by atoms with Gasteiger partial charge >= 0.3 is 18.2 Å². The van der Waals surface area contributed by atoms with Crippen LogP contribution in [-0.4, -0.2) is 116 Å². The Hall–Kier alpha value is -1.68. The minimum atomic E-state index is -4.02. The molecule has 17 nitrogen and oxygen atoms in total. The molecule has 268 valence electrons. The van der Waals surface area contributed by atoms with E-state index >= 15 is 0 Å². The third-order valence-electron chi connectivity index (χ3n) is 8.08. The van der Waals surface area contributed by atoms with Crippen molar-refractivity contribution in [2.45, 2.75) is 63.6 Å². The number of ether oxygens (including phenoxy) is 3. The Kier molecular flexibility index (Phi) is 13.3. The lowest BCUT2D eigenvalue weighted by Crippen LogP contribution is -2.37. The van der Waals surface area contributed by atoms with Crippen molar-refractivity contribution in [3.8, 4) is 0 Å². The lowest BCUT2D eigenvalue weighted by molar-refractivity contribution is -0.0510. The van der Waals surface area contributed by atoms with Gasteiger partial charge in [0.2, 0.25) is 0 Å². The molecule has 2 aromatic rings. The zero-order valence-electron chi connectivity index (χ0n) is 26.4. The highest BCUT2D eigenvalue weighted by Crippen LogP contribution is 2.64. The van der Waals surface area contributed by atoms with Crippen LogP contribution in [0.15, 0.2) is 31.6 Å². The summed E-state index contributed by atoms with van der Waals surface area (Å²) in [5.41, 5.74) is -1.89. The van der Waals surface area contributed by atoms with E-state index in [2.05, 4.69) is 14.9 Å². The third kappa shape index (κ3) is 9.55. The Balaban J connectivity index is 1.24. The van der Waals surface area contributed by atoms with Gasteiger partial charge in [0.1, 0.15) is 30.8 Å². The van der Waals surface area contributed by atoms with Crippen LogP contribution in [0.25, 0.3) is 0 Å². The Morgan fingerprint density at radius 1 is 0.938 bits per heavy atom. The molecule has 0 saturated carbocycles. The highest BCUT2D eigenvalue weighted by atomic mass is 33.1. The SMILES string of the molecule is Cc1cn([C@H]2C[C@@H](O)C(COP(=O)(O[C@@H]3C[C@H](n4cc(C)c(=O)[nH]c4=O)OC3CO)SCSSCCN3CCOCC3)O2)c(=O)[nH]c1=O. The molecule has 3 saturated heterocycles. The van der Waals surface area contributed by atoms with Crippen LogP contribution in [0.1, 0.15) is 36.4 Å². The monoisotopic (exact) mass is 753 g/mol. The summed E-state index contributed by atoms with van der Waals surface area (Å²) in [5, 5.41) is 21.1. The highest BCUT2D eigenvalue weighted by Gasteiger charge is 2.44. The largest absolute Gasteiger partial charge is 0.394 e. The van der Waals surface area contributed by atoms with Gasteiger partial charge in [0.05, 0.1) is 37.6 Å². The molecule has 0 radical (unpaired) electrons. The Morgan fingerprint density at radius 3 is 2.17 bits per heavy atom. The minimum absolute atomic E-state index is 0.0189. The lowest BCUT2D eigenvalue weighted by atomic mass is 10.2. The summed E-state index contributed by atoms with van der Waals surface area (Å²) in [5.74, 6) is 0.836. The predicted octanol–water partition coefficient (Wildman–Crippen LogP) is 0.546. The third-order valence-corrected chi connectivity index (χ3v) is 15.0. The number of aliphatic hydroxyl groups is 2. The van der Waals surface area contributed by atoms with Gasteiger partial charge in [0.15, 0.2) is 0 Å². The van der Waals surface area contributed by atoms with Crippen molar-refractivity contribution in [1.82, 2.24) is 24.0 Å². The highest BCUT2D eigenvalue weighted by molar-refractivity contribution is 8.80. The molecular formula is C27H40N5O12PS3. The van der Waals surface area contributed by atoms with E-state index in [1.807, 2.05) is 0 Å². The Labute approximate surface area is 286 Å². The molecule has 5 heterocycles. The fourth-order valence-electron chi connectivity index (χ4n) is 5.38. The fourth-order valence-corrected chi connectivity index (χ4v) is 12.7. The van der Waals surface area contributed by atoms with E-state index in [4.69, 9.17) is 23.3 Å². The van der Waals surface area contributed by atoms with Gasteiger partial charge in [-0.25, -0.2) is 14.2 Å². The number of aliphatic hydroxyl groups excluding tert-OH is 2. The van der Waals surface area contributed by atoms with E-state index in [-0.39, 0.29) is 30.6 Å². The summed E-state index contributed by atoms with van der Waals surface area (Å²) in [7, 11) is 3.09. The summed E-state index contributed by atoms with van der Waals surface area (Å²) in [6.45, 7) is 2.26. The zero-order valence-corrected chi connectivity index (χ0v) is 29.7. The van der Waals surface area contributed by atoms with Gasteiger partial charge < -0.3 is 24.4 Å². The second-order valence-electron chi connectivity index (χ2n) is 11.5. The van der Waals surface area contributed by atoms with Crippen molar-refractivity contribution in [2.75, 3.05) is 56.9 Å². The maximum Gasteiger partial charge on any atom is 0.390 e. The second-order valence-corrected chi connectivity index (χ2v) is 18.4. The molecule has 3 fully saturated rings. The van der Waals surface area contributed by atoms with Gasteiger partial charge in [-0.3, -0.25) is 42.6 Å². The molecular weight excluding hydrogens is 713 g/mol. The Bertz CT molecular complexity index is 1680. The average molecular weight is 754 g/mol. The summed E-state index contributed by atoms with van der Waals surface area (Å²) < 4.78 is 45.7. The van der Waals surface area contributed by atoms with Crippen molar-refractivity contribution in [2.24, 2.45) is 0 Å². The number of aryl methyl sites for hydroxylation is 2. The quantitative estimate of drug-likeness (QED) is 0.0845. The molecule has 3 aliphatic rings. The Morgan fingerprint density at radius 2 is 1.54 bits per heavy atom. The lowest BCUT2D eigenvalue weighted by Gasteiger charge is -2.26. The molecule has 0 spiro atoms. The van der Waals surface area contributed by atoms with Crippen LogP contribution in [-0.2, 0) is 27.8 Å². The van der Waals surface area contributed by atoms with Crippen molar-refractivity contribution in [3.63, 3.8) is 0 Å². The average Bonchev–Trinajstić information content (AvgIpc) is 3.64. The van der Waals surface area contributed by atoms with Crippen LogP contribution in [0.3, 0.4) is 0 Å². The molecule has 7 atom stereocenters. The van der Waals surface area contributed by atoms with Gasteiger partial charge in [-0.15, -0.1) is 0 Å². The molecule has 2 aromatic heterocycles. The number of nitrogens with zero attached hydrogens (tertiary/aromatic N) is 3. The van der Waals surface area contributed by atoms with Crippen LogP contribution >= 0.6 is 39.8 Å². The molecule has 0 aliphatic carbocycles. The van der Waals surface area contributed by atoms with Gasteiger partial charge in [0.25, 0.3) is 11.1 Å². The number of H-pyrrole nitrogens is 2. The molecule has 0 aromatic carbocycles. The number of hydrogen-bond donors (Lipinski definition) is 4. The van der Waals surface area contributed by atoms with Gasteiger partial charge in [-0.1, -0.05) is 21.6 Å². The minimum Gasteiger partial charge on any atom is -0.394 e. The van der Waals surface area contributed by atoms with E-state index in [1.54, 1.807) is 10.8 Å². The molecule has 21 heteroatoms. The smallest absolute Gasteiger partial charge is 0.390 e. The summed E-state index contributed by atoms with van der Waals surface area (Å²) >= 11 is 0.936. The van der Waals surface area contributed by atoms with Gasteiger partial charge in [-0.2, -0.15) is 0 Å². The normalized spacial score (nSPS) is 27.8. The van der Waals surface area contributed by atoms with Crippen molar-refractivity contribution < 1.29 is 38.0 Å². The predicted molar refractivity (Wildman–Crippen MR) is 180 cm³/mol. The fraction of sp³-hybridized carbons (Fsp3) is 0.704. The first kappa shape index (κ1) is 37.6. The number of aromatic amines is 2. The first-order chi connectivity index (χ1) is 23.0. The summed E-state index contributed by atoms with van der Waals surface area (Å²) in [6.07, 6.45) is -3.07. The zero-order chi connectivity index (χ0) is 34.4. The van der Waals surface area contributed by atoms with Crippen molar-refractivity contribution >= 4 is 39.8 Å². The van der Waals surface area contributed by atoms with E-state index in [0.29, 0.717) is 18.3 Å². The van der Waals surface area contributed by atoms with E-state index in [1.165, 1.54) is 46.2 Å². The standard InChI is InChI=1S/C27H40N5O12PS3/c1-16-11-31(26(37)28-24(16)35)22-9-18(34)21(43-22)14-41-45(39,46-15-48-47-8-5-30-3-6-40-7-4-30)44-19-10-23(42-20(19)13-33)32-12-17(2)25(36)29-27(32)38/h11-12,18-23,33-34H,3-10,13-15H2,1-2H3,(H,28,35,37)(H,29,36,38)/t18-,19-,20?,21?,22-,23-,45?/m1/s1. The molecule has 3 unspecified atom stereocenters. The van der Waals surface area contributed by atoms with Crippen LogP contribution in [0.2, 0.25) is 0 Å². The van der Waals surface area contributed by atoms with Gasteiger partial charge in [0, 0.05) is 61.7 Å². The molecule has 0 bridgehead atoms. The summed E-state index contributed by atoms with van der Waals surface area (Å²) in [4.78, 5) is 55.3. The van der Waals surface area contributed by atoms with E-state index in [0.717, 1.165) is 36.8 Å². The second kappa shape index (κ2) is 17.0. The number of nitrogens with one attached hydrogen (secondary N) is 2. The van der Waals surface area contributed by atoms with Crippen LogP contribution in [0.5, 0.6) is 0 Å². The molecule has 0 amide bonds. The maximum atomic E-state index is 14.3. The molecule has 4 N–H and O–H groups in total. The maximum absolute atomic E-state index is 14.3. The number of aromatic nitrogens is 4. The molecule has 48 heavy (non-hydrogen) atoms. The van der Waals surface area contributed by atoms with Crippen LogP contribution < -0.4 is 22.5 Å². The van der Waals surface area contributed by atoms with E-state index < -0.39 is 72.8 Å². The first-order valence-corrected chi connectivity index (χ1v) is 20.9. The molecule has 3 aliphatic heterocycles. The molecule has 5 rings (SSSR count). The number of rotatable bonds is 15. The first-order valence-electron chi connectivity index (χ1n) is 15.3. The van der Waals surface area contributed by atoms with Crippen molar-refractivity contribution in [3.05, 3.63) is 65.2 Å².